The van der Waals surface area contributed by atoms with E-state index in [1.165, 1.54) is 28.6 Å². The van der Waals surface area contributed by atoms with Gasteiger partial charge in [0.05, 0.1) is 0 Å². The lowest BCUT2D eigenvalue weighted by molar-refractivity contribution is 0.0948. The fourth-order valence-electron chi connectivity index (χ4n) is 1.60. The van der Waals surface area contributed by atoms with Gasteiger partial charge in [0.2, 0.25) is 0 Å². The molecule has 2 aromatic heterocycles. The SMILES string of the molecule is CCn1nc(C(=O)NCCSc2nncn2C)ccc1=O. The molecule has 0 unspecified atom stereocenters. The first-order valence-corrected chi connectivity index (χ1v) is 7.43. The zero-order valence-electron chi connectivity index (χ0n) is 11.8. The maximum atomic E-state index is 11.9. The van der Waals surface area contributed by atoms with Crippen LogP contribution in [0.3, 0.4) is 0 Å². The van der Waals surface area contributed by atoms with E-state index in [4.69, 9.17) is 0 Å². The van der Waals surface area contributed by atoms with E-state index in [2.05, 4.69) is 20.6 Å². The molecule has 0 bridgehead atoms. The maximum absolute atomic E-state index is 11.9. The summed E-state index contributed by atoms with van der Waals surface area (Å²) in [6.07, 6.45) is 1.62. The fourth-order valence-corrected chi connectivity index (χ4v) is 2.34. The highest BCUT2D eigenvalue weighted by atomic mass is 32.2. The lowest BCUT2D eigenvalue weighted by Crippen LogP contribution is -2.30. The van der Waals surface area contributed by atoms with Crippen molar-refractivity contribution in [1.82, 2.24) is 29.9 Å². The van der Waals surface area contributed by atoms with E-state index in [9.17, 15) is 9.59 Å². The van der Waals surface area contributed by atoms with Crippen LogP contribution in [0.25, 0.3) is 0 Å². The fraction of sp³-hybridized carbons (Fsp3) is 0.417. The van der Waals surface area contributed by atoms with Crippen molar-refractivity contribution >= 4 is 17.7 Å². The molecule has 1 amide bonds. The first-order chi connectivity index (χ1) is 10.1. The second-order valence-corrected chi connectivity index (χ2v) is 5.26. The molecule has 0 atom stereocenters. The Balaban J connectivity index is 1.84. The van der Waals surface area contributed by atoms with Gasteiger partial charge < -0.3 is 9.88 Å². The van der Waals surface area contributed by atoms with Gasteiger partial charge in [0.15, 0.2) is 5.16 Å². The Labute approximate surface area is 125 Å². The third-order valence-electron chi connectivity index (χ3n) is 2.69. The molecule has 0 aromatic carbocycles. The molecular weight excluding hydrogens is 292 g/mol. The van der Waals surface area contributed by atoms with Crippen molar-refractivity contribution in [2.24, 2.45) is 7.05 Å². The number of aromatic nitrogens is 5. The van der Waals surface area contributed by atoms with E-state index >= 15 is 0 Å². The minimum Gasteiger partial charge on any atom is -0.350 e. The monoisotopic (exact) mass is 308 g/mol. The van der Waals surface area contributed by atoms with Crippen LogP contribution in [0.4, 0.5) is 0 Å². The van der Waals surface area contributed by atoms with Gasteiger partial charge in [-0.15, -0.1) is 10.2 Å². The van der Waals surface area contributed by atoms with Gasteiger partial charge in [-0.2, -0.15) is 5.10 Å². The molecule has 0 saturated carbocycles. The molecule has 2 heterocycles. The van der Waals surface area contributed by atoms with Crippen molar-refractivity contribution in [2.45, 2.75) is 18.6 Å². The summed E-state index contributed by atoms with van der Waals surface area (Å²) in [5.74, 6) is 0.377. The number of aryl methyl sites for hydroxylation is 2. The molecular formula is C12H16N6O2S. The normalized spacial score (nSPS) is 10.6. The molecule has 0 aliphatic rings. The van der Waals surface area contributed by atoms with Crippen LogP contribution in [-0.2, 0) is 13.6 Å². The van der Waals surface area contributed by atoms with Crippen LogP contribution in [0.1, 0.15) is 17.4 Å². The predicted molar refractivity (Wildman–Crippen MR) is 78.2 cm³/mol. The lowest BCUT2D eigenvalue weighted by atomic mass is 10.3. The smallest absolute Gasteiger partial charge is 0.271 e. The largest absolute Gasteiger partial charge is 0.350 e. The van der Waals surface area contributed by atoms with Crippen LogP contribution in [0.5, 0.6) is 0 Å². The molecule has 0 radical (unpaired) electrons. The summed E-state index contributed by atoms with van der Waals surface area (Å²) in [5, 5.41) is 15.3. The summed E-state index contributed by atoms with van der Waals surface area (Å²) in [6, 6.07) is 2.78. The minimum atomic E-state index is -0.296. The predicted octanol–water partition coefficient (Wildman–Crippen LogP) is -0.0862. The number of nitrogens with zero attached hydrogens (tertiary/aromatic N) is 5. The first-order valence-electron chi connectivity index (χ1n) is 6.45. The van der Waals surface area contributed by atoms with Crippen molar-refractivity contribution in [3.63, 3.8) is 0 Å². The van der Waals surface area contributed by atoms with Gasteiger partial charge in [0, 0.05) is 32.0 Å². The molecule has 0 saturated heterocycles. The topological polar surface area (TPSA) is 94.7 Å². The highest BCUT2D eigenvalue weighted by molar-refractivity contribution is 7.99. The van der Waals surface area contributed by atoms with Crippen molar-refractivity contribution in [3.05, 3.63) is 34.5 Å². The van der Waals surface area contributed by atoms with Crippen LogP contribution < -0.4 is 10.9 Å². The first kappa shape index (κ1) is 15.2. The summed E-state index contributed by atoms with van der Waals surface area (Å²) in [7, 11) is 1.86. The van der Waals surface area contributed by atoms with E-state index in [0.29, 0.717) is 18.8 Å². The van der Waals surface area contributed by atoms with Crippen molar-refractivity contribution in [1.29, 1.82) is 0 Å². The van der Waals surface area contributed by atoms with Gasteiger partial charge in [-0.05, 0) is 13.0 Å². The number of hydrogen-bond donors (Lipinski definition) is 1. The molecule has 0 aliphatic carbocycles. The summed E-state index contributed by atoms with van der Waals surface area (Å²) in [5.41, 5.74) is 0.0204. The Bertz CT molecular complexity index is 680. The number of carbonyl (C=O) groups is 1. The molecule has 0 fully saturated rings. The van der Waals surface area contributed by atoms with E-state index in [0.717, 1.165) is 5.16 Å². The summed E-state index contributed by atoms with van der Waals surface area (Å²) >= 11 is 1.50. The van der Waals surface area contributed by atoms with E-state index in [-0.39, 0.29) is 17.2 Å². The number of carbonyl (C=O) groups excluding carboxylic acids is 1. The molecule has 0 spiro atoms. The van der Waals surface area contributed by atoms with Crippen LogP contribution in [0.2, 0.25) is 0 Å². The second-order valence-electron chi connectivity index (χ2n) is 4.20. The Hall–Kier alpha value is -2.16. The highest BCUT2D eigenvalue weighted by Crippen LogP contribution is 2.11. The van der Waals surface area contributed by atoms with E-state index in [1.54, 1.807) is 13.3 Å². The molecule has 9 heteroatoms. The Morgan fingerprint density at radius 3 is 2.90 bits per heavy atom. The number of nitrogens with one attached hydrogen (secondary N) is 1. The third-order valence-corrected chi connectivity index (χ3v) is 3.72. The summed E-state index contributed by atoms with van der Waals surface area (Å²) < 4.78 is 3.06. The maximum Gasteiger partial charge on any atom is 0.271 e. The molecule has 8 nitrogen and oxygen atoms in total. The molecule has 112 valence electrons. The summed E-state index contributed by atoms with van der Waals surface area (Å²) in [4.78, 5) is 23.3. The number of rotatable bonds is 6. The van der Waals surface area contributed by atoms with Gasteiger partial charge in [-0.1, -0.05) is 11.8 Å². The zero-order valence-corrected chi connectivity index (χ0v) is 12.6. The summed E-state index contributed by atoms with van der Waals surface area (Å²) in [6.45, 7) is 2.71. The number of thioether (sulfide) groups is 1. The molecule has 0 aliphatic heterocycles. The van der Waals surface area contributed by atoms with Gasteiger partial charge in [-0.3, -0.25) is 9.59 Å². The highest BCUT2D eigenvalue weighted by Gasteiger charge is 2.09. The average Bonchev–Trinajstić information content (AvgIpc) is 2.89. The van der Waals surface area contributed by atoms with Gasteiger partial charge in [0.1, 0.15) is 12.0 Å². The number of amides is 1. The number of hydrogen-bond acceptors (Lipinski definition) is 6. The second kappa shape index (κ2) is 7.02. The van der Waals surface area contributed by atoms with E-state index in [1.807, 2.05) is 11.6 Å². The van der Waals surface area contributed by atoms with Crippen molar-refractivity contribution in [2.75, 3.05) is 12.3 Å². The Morgan fingerprint density at radius 1 is 1.43 bits per heavy atom. The van der Waals surface area contributed by atoms with Gasteiger partial charge >= 0.3 is 0 Å². The molecule has 1 N–H and O–H groups in total. The van der Waals surface area contributed by atoms with Crippen LogP contribution in [0, 0.1) is 0 Å². The van der Waals surface area contributed by atoms with Crippen molar-refractivity contribution in [3.8, 4) is 0 Å². The molecule has 2 aromatic rings. The van der Waals surface area contributed by atoms with E-state index < -0.39 is 0 Å². The Morgan fingerprint density at radius 2 is 2.24 bits per heavy atom. The zero-order chi connectivity index (χ0) is 15.2. The quantitative estimate of drug-likeness (QED) is 0.592. The lowest BCUT2D eigenvalue weighted by Gasteiger charge is -2.06. The molecule has 21 heavy (non-hydrogen) atoms. The molecule has 2 rings (SSSR count). The van der Waals surface area contributed by atoms with Crippen LogP contribution in [-0.4, -0.2) is 42.7 Å². The van der Waals surface area contributed by atoms with Crippen LogP contribution >= 0.6 is 11.8 Å². The third kappa shape index (κ3) is 3.91. The average molecular weight is 308 g/mol. The van der Waals surface area contributed by atoms with Gasteiger partial charge in [0.25, 0.3) is 11.5 Å². The minimum absolute atomic E-state index is 0.216. The standard InChI is InChI=1S/C12H16N6O2S/c1-3-18-10(19)5-4-9(16-18)11(20)13-6-7-21-12-15-14-8-17(12)2/h4-5,8H,3,6-7H2,1-2H3,(H,13,20). The van der Waals surface area contributed by atoms with Crippen molar-refractivity contribution < 1.29 is 4.79 Å². The Kier molecular flexibility index (Phi) is 5.09. The van der Waals surface area contributed by atoms with Crippen LogP contribution in [0.15, 0.2) is 28.4 Å². The van der Waals surface area contributed by atoms with Gasteiger partial charge in [-0.25, -0.2) is 4.68 Å².